The fraction of sp³-hybridized carbons (Fsp3) is 0.647. The molecule has 1 saturated carbocycles. The summed E-state index contributed by atoms with van der Waals surface area (Å²) >= 11 is 6.20. The van der Waals surface area contributed by atoms with Crippen molar-refractivity contribution in [1.29, 1.82) is 0 Å². The highest BCUT2D eigenvalue weighted by Crippen LogP contribution is 2.27. The van der Waals surface area contributed by atoms with E-state index in [0.717, 1.165) is 30.8 Å². The monoisotopic (exact) mass is 308 g/mol. The molecule has 3 nitrogen and oxygen atoms in total. The van der Waals surface area contributed by atoms with E-state index in [1.165, 1.54) is 43.4 Å². The van der Waals surface area contributed by atoms with E-state index in [0.29, 0.717) is 6.10 Å². The number of anilines is 1. The maximum absolute atomic E-state index is 6.20. The van der Waals surface area contributed by atoms with Gasteiger partial charge in [0.15, 0.2) is 0 Å². The van der Waals surface area contributed by atoms with Gasteiger partial charge in [0.05, 0.1) is 6.10 Å². The Hall–Kier alpha value is -0.770. The third-order valence-electron chi connectivity index (χ3n) is 4.37. The topological polar surface area (TPSA) is 24.5 Å². The molecule has 1 aliphatic heterocycles. The summed E-state index contributed by atoms with van der Waals surface area (Å²) in [5.41, 5.74) is 2.55. The predicted molar refractivity (Wildman–Crippen MR) is 88.2 cm³/mol. The van der Waals surface area contributed by atoms with Gasteiger partial charge in [-0.25, -0.2) is 0 Å². The Balaban J connectivity index is 1.66. The van der Waals surface area contributed by atoms with Crippen LogP contribution in [-0.2, 0) is 11.3 Å². The van der Waals surface area contributed by atoms with Gasteiger partial charge in [0, 0.05) is 43.5 Å². The minimum Gasteiger partial charge on any atom is -0.376 e. The molecule has 1 atom stereocenters. The first-order chi connectivity index (χ1) is 10.2. The SMILES string of the molecule is CN(CC1CCCCO1)c1cc(Cl)ccc1CNC1CC1. The molecule has 1 aliphatic carbocycles. The van der Waals surface area contributed by atoms with Crippen LogP contribution >= 0.6 is 11.6 Å². The van der Waals surface area contributed by atoms with Crippen molar-refractivity contribution in [3.63, 3.8) is 0 Å². The van der Waals surface area contributed by atoms with E-state index in [1.807, 2.05) is 6.07 Å². The van der Waals surface area contributed by atoms with Gasteiger partial charge in [-0.2, -0.15) is 0 Å². The zero-order valence-electron chi connectivity index (χ0n) is 12.8. The maximum atomic E-state index is 6.20. The first kappa shape index (κ1) is 15.1. The van der Waals surface area contributed by atoms with Gasteiger partial charge in [0.25, 0.3) is 0 Å². The molecule has 1 N–H and O–H groups in total. The zero-order valence-corrected chi connectivity index (χ0v) is 13.5. The summed E-state index contributed by atoms with van der Waals surface area (Å²) in [6.07, 6.45) is 6.63. The van der Waals surface area contributed by atoms with Crippen molar-refractivity contribution < 1.29 is 4.74 Å². The van der Waals surface area contributed by atoms with Crippen LogP contribution in [0, 0.1) is 0 Å². The van der Waals surface area contributed by atoms with Gasteiger partial charge in [-0.05, 0) is 49.8 Å². The normalized spacial score (nSPS) is 22.3. The van der Waals surface area contributed by atoms with Crippen molar-refractivity contribution in [3.8, 4) is 0 Å². The van der Waals surface area contributed by atoms with Gasteiger partial charge < -0.3 is 15.0 Å². The fourth-order valence-electron chi connectivity index (χ4n) is 2.94. The highest BCUT2D eigenvalue weighted by Gasteiger charge is 2.22. The third-order valence-corrected chi connectivity index (χ3v) is 4.60. The fourth-order valence-corrected chi connectivity index (χ4v) is 3.11. The molecule has 3 rings (SSSR count). The first-order valence-corrected chi connectivity index (χ1v) is 8.45. The molecule has 1 unspecified atom stereocenters. The van der Waals surface area contributed by atoms with Crippen LogP contribution in [0.15, 0.2) is 18.2 Å². The standard InChI is InChI=1S/C17H25ClN2O/c1-20(12-16-4-2-3-9-21-16)17-10-14(18)6-5-13(17)11-19-15-7-8-15/h5-6,10,15-16,19H,2-4,7-9,11-12H2,1H3. The molecule has 1 aromatic rings. The Morgan fingerprint density at radius 2 is 2.14 bits per heavy atom. The molecule has 4 heteroatoms. The van der Waals surface area contributed by atoms with Crippen molar-refractivity contribution >= 4 is 17.3 Å². The van der Waals surface area contributed by atoms with Gasteiger partial charge in [0.2, 0.25) is 0 Å². The number of likely N-dealkylation sites (N-methyl/N-ethyl adjacent to an activating group) is 1. The summed E-state index contributed by atoms with van der Waals surface area (Å²) in [5, 5.41) is 4.39. The number of hydrogen-bond donors (Lipinski definition) is 1. The Labute approximate surface area is 132 Å². The summed E-state index contributed by atoms with van der Waals surface area (Å²) in [6.45, 7) is 2.77. The van der Waals surface area contributed by atoms with Crippen LogP contribution in [0.3, 0.4) is 0 Å². The molecular formula is C17H25ClN2O. The van der Waals surface area contributed by atoms with E-state index in [9.17, 15) is 0 Å². The van der Waals surface area contributed by atoms with E-state index in [1.54, 1.807) is 0 Å². The van der Waals surface area contributed by atoms with Crippen LogP contribution in [0.25, 0.3) is 0 Å². The van der Waals surface area contributed by atoms with E-state index in [-0.39, 0.29) is 0 Å². The largest absolute Gasteiger partial charge is 0.376 e. The molecule has 0 radical (unpaired) electrons. The van der Waals surface area contributed by atoms with Crippen LogP contribution in [0.4, 0.5) is 5.69 Å². The third kappa shape index (κ3) is 4.35. The highest BCUT2D eigenvalue weighted by molar-refractivity contribution is 6.30. The minimum atomic E-state index is 0.354. The van der Waals surface area contributed by atoms with Crippen molar-refractivity contribution in [1.82, 2.24) is 5.32 Å². The quantitative estimate of drug-likeness (QED) is 0.869. The summed E-state index contributed by atoms with van der Waals surface area (Å²) in [7, 11) is 2.14. The molecule has 116 valence electrons. The second-order valence-corrected chi connectivity index (χ2v) is 6.73. The van der Waals surface area contributed by atoms with E-state index in [4.69, 9.17) is 16.3 Å². The summed E-state index contributed by atoms with van der Waals surface area (Å²) in [5.74, 6) is 0. The molecule has 1 heterocycles. The smallest absolute Gasteiger partial charge is 0.0749 e. The molecule has 1 aromatic carbocycles. The number of nitrogens with one attached hydrogen (secondary N) is 1. The molecular weight excluding hydrogens is 284 g/mol. The summed E-state index contributed by atoms with van der Waals surface area (Å²) in [4.78, 5) is 2.30. The molecule has 0 aromatic heterocycles. The second-order valence-electron chi connectivity index (χ2n) is 6.30. The number of benzene rings is 1. The lowest BCUT2D eigenvalue weighted by atomic mass is 10.1. The first-order valence-electron chi connectivity index (χ1n) is 8.07. The van der Waals surface area contributed by atoms with Gasteiger partial charge >= 0.3 is 0 Å². The van der Waals surface area contributed by atoms with E-state index >= 15 is 0 Å². The van der Waals surface area contributed by atoms with Crippen LogP contribution < -0.4 is 10.2 Å². The minimum absolute atomic E-state index is 0.354. The van der Waals surface area contributed by atoms with Gasteiger partial charge in [-0.15, -0.1) is 0 Å². The average molecular weight is 309 g/mol. The predicted octanol–water partition coefficient (Wildman–Crippen LogP) is 3.60. The maximum Gasteiger partial charge on any atom is 0.0749 e. The zero-order chi connectivity index (χ0) is 14.7. The Morgan fingerprint density at radius 3 is 2.86 bits per heavy atom. The van der Waals surface area contributed by atoms with Crippen LogP contribution in [0.5, 0.6) is 0 Å². The number of ether oxygens (including phenoxy) is 1. The van der Waals surface area contributed by atoms with Gasteiger partial charge in [0.1, 0.15) is 0 Å². The van der Waals surface area contributed by atoms with Crippen LogP contribution in [-0.4, -0.2) is 32.3 Å². The average Bonchev–Trinajstić information content (AvgIpc) is 3.31. The molecule has 21 heavy (non-hydrogen) atoms. The van der Waals surface area contributed by atoms with E-state index < -0.39 is 0 Å². The van der Waals surface area contributed by atoms with Gasteiger partial charge in [-0.3, -0.25) is 0 Å². The number of hydrogen-bond acceptors (Lipinski definition) is 3. The molecule has 0 bridgehead atoms. The van der Waals surface area contributed by atoms with Crippen molar-refractivity contribution in [2.75, 3.05) is 25.1 Å². The lowest BCUT2D eigenvalue weighted by Gasteiger charge is -2.30. The highest BCUT2D eigenvalue weighted by atomic mass is 35.5. The molecule has 0 spiro atoms. The molecule has 2 fully saturated rings. The molecule has 1 saturated heterocycles. The van der Waals surface area contributed by atoms with Crippen molar-refractivity contribution in [2.24, 2.45) is 0 Å². The van der Waals surface area contributed by atoms with Crippen molar-refractivity contribution in [3.05, 3.63) is 28.8 Å². The number of halogens is 1. The lowest BCUT2D eigenvalue weighted by Crippen LogP contribution is -2.34. The van der Waals surface area contributed by atoms with Crippen LogP contribution in [0.2, 0.25) is 5.02 Å². The van der Waals surface area contributed by atoms with E-state index in [2.05, 4.69) is 29.4 Å². The van der Waals surface area contributed by atoms with Crippen molar-refractivity contribution in [2.45, 2.75) is 50.8 Å². The molecule has 2 aliphatic rings. The molecule has 0 amide bonds. The Morgan fingerprint density at radius 1 is 1.29 bits per heavy atom. The van der Waals surface area contributed by atoms with Crippen LogP contribution in [0.1, 0.15) is 37.7 Å². The summed E-state index contributed by atoms with van der Waals surface area (Å²) < 4.78 is 5.86. The number of nitrogens with zero attached hydrogens (tertiary/aromatic N) is 1. The van der Waals surface area contributed by atoms with Gasteiger partial charge in [-0.1, -0.05) is 17.7 Å². The summed E-state index contributed by atoms with van der Waals surface area (Å²) in [6, 6.07) is 6.93. The second kappa shape index (κ2) is 6.99. The Kier molecular flexibility index (Phi) is 5.04. The number of rotatable bonds is 6. The Bertz CT molecular complexity index is 470. The lowest BCUT2D eigenvalue weighted by molar-refractivity contribution is 0.0216.